The van der Waals surface area contributed by atoms with Crippen LogP contribution < -0.4 is 5.63 Å². The fourth-order valence-corrected chi connectivity index (χ4v) is 1.63. The molecule has 0 N–H and O–H groups in total. The van der Waals surface area contributed by atoms with Crippen LogP contribution in [0, 0.1) is 10.1 Å². The molecule has 2 aromatic rings. The molecule has 0 bridgehead atoms. The molecule has 0 saturated carbocycles. The zero-order valence-electron chi connectivity index (χ0n) is 11.0. The van der Waals surface area contributed by atoms with Crippen LogP contribution in [0.2, 0.25) is 0 Å². The molecule has 1 aromatic heterocycles. The minimum absolute atomic E-state index is 0.117. The fraction of sp³-hybridized carbons (Fsp3) is 0.143. The SMILES string of the molecule is C[C@H](OC(=O)c1ccc([N+](=O)[O-])cc1)c1cccc(=O)o1. The lowest BCUT2D eigenvalue weighted by atomic mass is 10.2. The highest BCUT2D eigenvalue weighted by atomic mass is 16.6. The highest BCUT2D eigenvalue weighted by molar-refractivity contribution is 5.89. The molecular formula is C14H11NO6. The Morgan fingerprint density at radius 3 is 2.48 bits per heavy atom. The van der Waals surface area contributed by atoms with Crippen molar-refractivity contribution in [2.45, 2.75) is 13.0 Å². The third-order valence-electron chi connectivity index (χ3n) is 2.71. The van der Waals surface area contributed by atoms with E-state index in [2.05, 4.69) is 0 Å². The maximum absolute atomic E-state index is 11.9. The molecule has 1 aromatic carbocycles. The van der Waals surface area contributed by atoms with Crippen LogP contribution in [0.5, 0.6) is 0 Å². The van der Waals surface area contributed by atoms with Gasteiger partial charge in [-0.05, 0) is 25.1 Å². The third kappa shape index (κ3) is 3.53. The van der Waals surface area contributed by atoms with Gasteiger partial charge in [-0.15, -0.1) is 0 Å². The van der Waals surface area contributed by atoms with Crippen LogP contribution in [-0.2, 0) is 4.74 Å². The van der Waals surface area contributed by atoms with Gasteiger partial charge in [0.05, 0.1) is 10.5 Å². The number of hydrogen-bond acceptors (Lipinski definition) is 6. The summed E-state index contributed by atoms with van der Waals surface area (Å²) in [7, 11) is 0. The van der Waals surface area contributed by atoms with E-state index in [0.717, 1.165) is 0 Å². The first-order valence-corrected chi connectivity index (χ1v) is 6.03. The molecule has 0 spiro atoms. The standard InChI is InChI=1S/C14H11NO6/c1-9(12-3-2-4-13(16)21-12)20-14(17)10-5-7-11(8-6-10)15(18)19/h2-9H,1H3/t9-/m0/s1. The fourth-order valence-electron chi connectivity index (χ4n) is 1.63. The molecule has 0 unspecified atom stereocenters. The van der Waals surface area contributed by atoms with Crippen molar-refractivity contribution in [1.29, 1.82) is 0 Å². The van der Waals surface area contributed by atoms with Crippen LogP contribution in [0.3, 0.4) is 0 Å². The van der Waals surface area contributed by atoms with Crippen LogP contribution in [0.25, 0.3) is 0 Å². The van der Waals surface area contributed by atoms with Crippen LogP contribution in [0.4, 0.5) is 5.69 Å². The van der Waals surface area contributed by atoms with Crippen LogP contribution in [0.15, 0.2) is 51.7 Å². The van der Waals surface area contributed by atoms with Gasteiger partial charge in [-0.3, -0.25) is 10.1 Å². The first-order valence-electron chi connectivity index (χ1n) is 6.03. The molecular weight excluding hydrogens is 278 g/mol. The van der Waals surface area contributed by atoms with E-state index in [-0.39, 0.29) is 17.0 Å². The van der Waals surface area contributed by atoms with Gasteiger partial charge in [0.1, 0.15) is 5.76 Å². The van der Waals surface area contributed by atoms with Gasteiger partial charge in [0, 0.05) is 18.2 Å². The van der Waals surface area contributed by atoms with Gasteiger partial charge < -0.3 is 9.15 Å². The van der Waals surface area contributed by atoms with Crippen molar-refractivity contribution in [2.75, 3.05) is 0 Å². The Morgan fingerprint density at radius 2 is 1.90 bits per heavy atom. The normalized spacial score (nSPS) is 11.7. The Labute approximate surface area is 118 Å². The molecule has 7 heteroatoms. The second kappa shape index (κ2) is 6.00. The third-order valence-corrected chi connectivity index (χ3v) is 2.71. The number of ether oxygens (including phenoxy) is 1. The van der Waals surface area contributed by atoms with Gasteiger partial charge in [0.2, 0.25) is 0 Å². The average molecular weight is 289 g/mol. The molecule has 108 valence electrons. The highest BCUT2D eigenvalue weighted by Gasteiger charge is 2.16. The van der Waals surface area contributed by atoms with E-state index >= 15 is 0 Å². The molecule has 0 fully saturated rings. The summed E-state index contributed by atoms with van der Waals surface area (Å²) >= 11 is 0. The van der Waals surface area contributed by atoms with E-state index in [9.17, 15) is 19.7 Å². The van der Waals surface area contributed by atoms with Crippen molar-refractivity contribution in [3.8, 4) is 0 Å². The molecule has 2 rings (SSSR count). The molecule has 1 heterocycles. The molecule has 7 nitrogen and oxygen atoms in total. The number of benzene rings is 1. The molecule has 0 aliphatic rings. The summed E-state index contributed by atoms with van der Waals surface area (Å²) in [6.07, 6.45) is -0.749. The molecule has 1 atom stereocenters. The number of esters is 1. The van der Waals surface area contributed by atoms with Gasteiger partial charge in [-0.1, -0.05) is 6.07 Å². The summed E-state index contributed by atoms with van der Waals surface area (Å²) in [5, 5.41) is 10.5. The monoisotopic (exact) mass is 289 g/mol. The van der Waals surface area contributed by atoms with Gasteiger partial charge in [0.15, 0.2) is 6.10 Å². The van der Waals surface area contributed by atoms with Gasteiger partial charge in [-0.2, -0.15) is 0 Å². The molecule has 0 aliphatic carbocycles. The van der Waals surface area contributed by atoms with Crippen molar-refractivity contribution in [2.24, 2.45) is 0 Å². The van der Waals surface area contributed by atoms with Crippen molar-refractivity contribution in [1.82, 2.24) is 0 Å². The van der Waals surface area contributed by atoms with Gasteiger partial charge in [0.25, 0.3) is 5.69 Å². The van der Waals surface area contributed by atoms with Crippen molar-refractivity contribution in [3.63, 3.8) is 0 Å². The second-order valence-corrected chi connectivity index (χ2v) is 4.20. The number of non-ortho nitro benzene ring substituents is 1. The minimum Gasteiger partial charge on any atom is -0.451 e. The predicted molar refractivity (Wildman–Crippen MR) is 71.9 cm³/mol. The lowest BCUT2D eigenvalue weighted by Crippen LogP contribution is -2.11. The average Bonchev–Trinajstić information content (AvgIpc) is 2.47. The van der Waals surface area contributed by atoms with Crippen molar-refractivity contribution in [3.05, 3.63) is 74.3 Å². The van der Waals surface area contributed by atoms with Crippen molar-refractivity contribution >= 4 is 11.7 Å². The first-order chi connectivity index (χ1) is 9.97. The molecule has 0 aliphatic heterocycles. The molecule has 21 heavy (non-hydrogen) atoms. The van der Waals surface area contributed by atoms with E-state index < -0.39 is 22.6 Å². The number of carbonyl (C=O) groups excluding carboxylic acids is 1. The summed E-state index contributed by atoms with van der Waals surface area (Å²) in [6.45, 7) is 1.56. The van der Waals surface area contributed by atoms with E-state index in [0.29, 0.717) is 0 Å². The maximum atomic E-state index is 11.9. The first kappa shape index (κ1) is 14.4. The number of nitrogens with zero attached hydrogens (tertiary/aromatic N) is 1. The number of nitro groups is 1. The number of carbonyl (C=O) groups is 1. The van der Waals surface area contributed by atoms with Gasteiger partial charge >= 0.3 is 11.6 Å². The van der Waals surface area contributed by atoms with Crippen LogP contribution in [-0.4, -0.2) is 10.9 Å². The molecule has 0 radical (unpaired) electrons. The Hall–Kier alpha value is -2.96. The summed E-state index contributed by atoms with van der Waals surface area (Å²) in [6, 6.07) is 9.29. The lowest BCUT2D eigenvalue weighted by molar-refractivity contribution is -0.384. The summed E-state index contributed by atoms with van der Waals surface area (Å²) in [4.78, 5) is 32.9. The van der Waals surface area contributed by atoms with Crippen molar-refractivity contribution < 1.29 is 18.9 Å². The van der Waals surface area contributed by atoms with Gasteiger partial charge in [-0.25, -0.2) is 9.59 Å². The highest BCUT2D eigenvalue weighted by Crippen LogP contribution is 2.18. The Kier molecular flexibility index (Phi) is 4.13. The summed E-state index contributed by atoms with van der Waals surface area (Å²) in [5.74, 6) is -0.443. The summed E-state index contributed by atoms with van der Waals surface area (Å²) < 4.78 is 10.0. The predicted octanol–water partition coefficient (Wildman–Crippen LogP) is 2.47. The van der Waals surface area contributed by atoms with E-state index in [4.69, 9.17) is 9.15 Å². The minimum atomic E-state index is -0.749. The summed E-state index contributed by atoms with van der Waals surface area (Å²) in [5.41, 5.74) is -0.481. The van der Waals surface area contributed by atoms with E-state index in [1.54, 1.807) is 6.92 Å². The largest absolute Gasteiger partial charge is 0.451 e. The number of hydrogen-bond donors (Lipinski definition) is 0. The maximum Gasteiger partial charge on any atom is 0.338 e. The number of rotatable bonds is 4. The number of nitro benzene ring substituents is 1. The lowest BCUT2D eigenvalue weighted by Gasteiger charge is -2.11. The van der Waals surface area contributed by atoms with E-state index in [1.165, 1.54) is 42.5 Å². The smallest absolute Gasteiger partial charge is 0.338 e. The van der Waals surface area contributed by atoms with Crippen LogP contribution >= 0.6 is 0 Å². The zero-order valence-corrected chi connectivity index (χ0v) is 11.0. The quantitative estimate of drug-likeness (QED) is 0.487. The Balaban J connectivity index is 2.10. The Morgan fingerprint density at radius 1 is 1.24 bits per heavy atom. The van der Waals surface area contributed by atoms with E-state index in [1.807, 2.05) is 0 Å². The Bertz CT molecular complexity index is 719. The zero-order chi connectivity index (χ0) is 15.4. The molecule has 0 saturated heterocycles. The van der Waals surface area contributed by atoms with Crippen LogP contribution in [0.1, 0.15) is 29.1 Å². The second-order valence-electron chi connectivity index (χ2n) is 4.20. The topological polar surface area (TPSA) is 99.6 Å². The molecule has 0 amide bonds.